The van der Waals surface area contributed by atoms with Crippen LogP contribution in [0.5, 0.6) is 0 Å². The largest absolute Gasteiger partial charge is 0.926 e. The lowest BCUT2D eigenvalue weighted by molar-refractivity contribution is 0.197. The third-order valence-electron chi connectivity index (χ3n) is 4.07. The summed E-state index contributed by atoms with van der Waals surface area (Å²) in [6.07, 6.45) is 4.67. The van der Waals surface area contributed by atoms with Gasteiger partial charge in [-0.05, 0) is 40.0 Å². The maximum Gasteiger partial charge on any atom is 0.926 e. The van der Waals surface area contributed by atoms with Crippen LogP contribution >= 0.6 is 22.8 Å². The van der Waals surface area contributed by atoms with E-state index in [2.05, 4.69) is 0 Å². The summed E-state index contributed by atoms with van der Waals surface area (Å²) in [7, 11) is -10.8. The SMILES string of the molecule is CCCCP(=O)(OCC)[O][Al]([O]P(=O)(CCCC)OCC)[O]P(=O)(CCCC)OCC. The van der Waals surface area contributed by atoms with E-state index in [1.165, 1.54) is 0 Å². The molecule has 0 spiro atoms. The lowest BCUT2D eigenvalue weighted by Crippen LogP contribution is -2.27. The van der Waals surface area contributed by atoms with Crippen molar-refractivity contribution in [2.45, 2.75) is 80.1 Å². The van der Waals surface area contributed by atoms with Crippen molar-refractivity contribution in [2.75, 3.05) is 38.3 Å². The molecule has 0 heterocycles. The molecule has 0 aromatic rings. The Bertz CT molecular complexity index is 525. The highest BCUT2D eigenvalue weighted by molar-refractivity contribution is 7.58. The summed E-state index contributed by atoms with van der Waals surface area (Å²) in [5, 5.41) is 0. The summed E-state index contributed by atoms with van der Waals surface area (Å²) >= 11 is -3.50. The molecule has 0 amide bonds. The van der Waals surface area contributed by atoms with E-state index < -0.39 is 37.9 Å². The summed E-state index contributed by atoms with van der Waals surface area (Å²) < 4.78 is 73.3. The number of rotatable bonds is 21. The molecule has 0 rings (SSSR count). The van der Waals surface area contributed by atoms with E-state index in [1.807, 2.05) is 20.8 Å². The van der Waals surface area contributed by atoms with Crippen molar-refractivity contribution in [3.63, 3.8) is 0 Å². The monoisotopic (exact) mass is 522 g/mol. The molecule has 0 aliphatic rings. The Morgan fingerprint density at radius 1 is 0.516 bits per heavy atom. The van der Waals surface area contributed by atoms with Gasteiger partial charge in [0.05, 0.1) is 19.8 Å². The zero-order valence-electron chi connectivity index (χ0n) is 20.1. The number of unbranched alkanes of at least 4 members (excludes halogenated alkanes) is 3. The van der Waals surface area contributed by atoms with Crippen LogP contribution in [0.4, 0.5) is 0 Å². The zero-order valence-corrected chi connectivity index (χ0v) is 23.9. The van der Waals surface area contributed by atoms with Gasteiger partial charge in [-0.3, -0.25) is 13.7 Å². The minimum Gasteiger partial charge on any atom is -0.384 e. The highest BCUT2D eigenvalue weighted by atomic mass is 31.2. The lowest BCUT2D eigenvalue weighted by Gasteiger charge is -2.27. The van der Waals surface area contributed by atoms with Crippen LogP contribution < -0.4 is 0 Å². The van der Waals surface area contributed by atoms with Crippen LogP contribution in [0.1, 0.15) is 80.1 Å². The quantitative estimate of drug-likeness (QED) is 0.115. The lowest BCUT2D eigenvalue weighted by atomic mass is 10.4. The van der Waals surface area contributed by atoms with Crippen molar-refractivity contribution in [3.05, 3.63) is 0 Å². The Labute approximate surface area is 194 Å². The second-order valence-corrected chi connectivity index (χ2v) is 15.8. The van der Waals surface area contributed by atoms with E-state index in [9.17, 15) is 13.7 Å². The molecule has 0 fully saturated rings. The van der Waals surface area contributed by atoms with Crippen molar-refractivity contribution in [1.29, 1.82) is 0 Å². The van der Waals surface area contributed by atoms with Crippen LogP contribution in [0.15, 0.2) is 0 Å². The minimum atomic E-state index is -3.60. The average molecular weight is 522 g/mol. The van der Waals surface area contributed by atoms with Crippen LogP contribution in [0.25, 0.3) is 0 Å². The molecule has 0 aromatic carbocycles. The van der Waals surface area contributed by atoms with E-state index in [-0.39, 0.29) is 38.3 Å². The highest BCUT2D eigenvalue weighted by Gasteiger charge is 2.50. The van der Waals surface area contributed by atoms with Gasteiger partial charge in [-0.15, -0.1) is 0 Å². The molecule has 0 bridgehead atoms. The molecule has 0 N–H and O–H groups in total. The van der Waals surface area contributed by atoms with E-state index in [4.69, 9.17) is 24.3 Å². The molecule has 31 heavy (non-hydrogen) atoms. The van der Waals surface area contributed by atoms with Gasteiger partial charge in [-0.1, -0.05) is 40.0 Å². The van der Waals surface area contributed by atoms with Crippen LogP contribution in [-0.2, 0) is 38.0 Å². The first kappa shape index (κ1) is 32.0. The molecule has 13 heteroatoms. The fourth-order valence-corrected chi connectivity index (χ4v) is 12.9. The Kier molecular flexibility index (Phi) is 18.0. The topological polar surface area (TPSA) is 107 Å². The molecule has 0 saturated carbocycles. The van der Waals surface area contributed by atoms with E-state index in [0.717, 1.165) is 19.3 Å². The fourth-order valence-electron chi connectivity index (χ4n) is 2.54. The summed E-state index contributed by atoms with van der Waals surface area (Å²) in [5.74, 6) is 0. The summed E-state index contributed by atoms with van der Waals surface area (Å²) in [4.78, 5) is 0. The van der Waals surface area contributed by atoms with Gasteiger partial charge in [0.25, 0.3) is 0 Å². The standard InChI is InChI=1S/3C6H15O3P.Al/c3*1-3-5-6-10(7,8)9-4-2;/h3*3-6H2,1-2H3,(H,7,8);/q;;;+3/p-3. The summed E-state index contributed by atoms with van der Waals surface area (Å²) in [6.45, 7) is 11.5. The number of hydrogen-bond donors (Lipinski definition) is 0. The molecule has 0 saturated heterocycles. The normalized spacial score (nSPS) is 17.6. The highest BCUT2D eigenvalue weighted by Crippen LogP contribution is 2.58. The second-order valence-electron chi connectivity index (χ2n) is 6.92. The van der Waals surface area contributed by atoms with Crippen molar-refractivity contribution in [1.82, 2.24) is 0 Å². The molecule has 3 atom stereocenters. The van der Waals surface area contributed by atoms with Gasteiger partial charge in [0.15, 0.2) is 0 Å². The third-order valence-corrected chi connectivity index (χ3v) is 14.5. The van der Waals surface area contributed by atoms with Gasteiger partial charge in [-0.25, -0.2) is 0 Å². The Morgan fingerprint density at radius 2 is 0.774 bits per heavy atom. The predicted octanol–water partition coefficient (Wildman–Crippen LogP) is 7.11. The van der Waals surface area contributed by atoms with Crippen molar-refractivity contribution in [2.24, 2.45) is 0 Å². The van der Waals surface area contributed by atoms with Crippen molar-refractivity contribution < 1.29 is 38.0 Å². The predicted molar refractivity (Wildman–Crippen MR) is 126 cm³/mol. The first-order chi connectivity index (χ1) is 14.6. The Morgan fingerprint density at radius 3 is 0.968 bits per heavy atom. The average Bonchev–Trinajstić information content (AvgIpc) is 2.69. The second kappa shape index (κ2) is 17.4. The van der Waals surface area contributed by atoms with Crippen LogP contribution in [-0.4, -0.2) is 53.5 Å². The molecule has 0 aromatic heterocycles. The van der Waals surface area contributed by atoms with Gasteiger partial charge in [0, 0.05) is 18.5 Å². The number of hydrogen-bond acceptors (Lipinski definition) is 9. The molecule has 0 radical (unpaired) electrons. The third kappa shape index (κ3) is 14.1. The Balaban J connectivity index is 5.87. The van der Waals surface area contributed by atoms with Gasteiger partial charge < -0.3 is 24.3 Å². The molecule has 3 unspecified atom stereocenters. The molecule has 186 valence electrons. The van der Waals surface area contributed by atoms with E-state index in [1.54, 1.807) is 20.8 Å². The minimum absolute atomic E-state index is 0.162. The molecular weight excluding hydrogens is 480 g/mol. The van der Waals surface area contributed by atoms with Gasteiger partial charge in [0.2, 0.25) is 0 Å². The van der Waals surface area contributed by atoms with Crippen LogP contribution in [0.2, 0.25) is 0 Å². The zero-order chi connectivity index (χ0) is 23.8. The van der Waals surface area contributed by atoms with Gasteiger partial charge in [-0.2, -0.15) is 0 Å². The van der Waals surface area contributed by atoms with E-state index >= 15 is 0 Å². The molecular formula is C18H42AlO9P3. The maximum atomic E-state index is 13.3. The molecule has 0 aliphatic carbocycles. The molecule has 9 nitrogen and oxygen atoms in total. The van der Waals surface area contributed by atoms with Gasteiger partial charge >= 0.3 is 37.9 Å². The summed E-state index contributed by atoms with van der Waals surface area (Å²) in [6, 6.07) is 0. The smallest absolute Gasteiger partial charge is 0.384 e. The van der Waals surface area contributed by atoms with Gasteiger partial charge in [0.1, 0.15) is 0 Å². The molecule has 0 aliphatic heterocycles. The maximum absolute atomic E-state index is 13.3. The Hall–Kier alpha value is 0.982. The first-order valence-electron chi connectivity index (χ1n) is 11.4. The van der Waals surface area contributed by atoms with Crippen molar-refractivity contribution in [3.8, 4) is 0 Å². The van der Waals surface area contributed by atoms with Crippen molar-refractivity contribution >= 4 is 37.9 Å². The fraction of sp³-hybridized carbons (Fsp3) is 1.00. The van der Waals surface area contributed by atoms with Crippen LogP contribution in [0.3, 0.4) is 0 Å². The first-order valence-corrected chi connectivity index (χ1v) is 18.0. The van der Waals surface area contributed by atoms with E-state index in [0.29, 0.717) is 19.3 Å². The summed E-state index contributed by atoms with van der Waals surface area (Å²) in [5.41, 5.74) is 0. The van der Waals surface area contributed by atoms with Crippen LogP contribution in [0, 0.1) is 0 Å².